The molecule has 10 nitrogen and oxygen atoms in total. The molecular weight excluding hydrogens is 532 g/mol. The van der Waals surface area contributed by atoms with E-state index in [1.807, 2.05) is 70.3 Å². The van der Waals surface area contributed by atoms with Gasteiger partial charge in [-0.25, -0.2) is 19.9 Å². The predicted octanol–water partition coefficient (Wildman–Crippen LogP) is 6.39. The Morgan fingerprint density at radius 3 is 1.57 bits per heavy atom. The Hall–Kier alpha value is -5.32. The van der Waals surface area contributed by atoms with E-state index in [1.54, 1.807) is 0 Å². The summed E-state index contributed by atoms with van der Waals surface area (Å²) in [5, 5.41) is 0. The lowest BCUT2D eigenvalue weighted by Gasteiger charge is -2.10. The molecule has 1 aliphatic rings. The lowest BCUT2D eigenvalue weighted by molar-refractivity contribution is 0.0762. The Balaban J connectivity index is 1.18. The van der Waals surface area contributed by atoms with Crippen molar-refractivity contribution in [2.24, 2.45) is 0 Å². The Morgan fingerprint density at radius 1 is 0.548 bits per heavy atom. The number of aromatic nitrogens is 6. The maximum absolute atomic E-state index is 6.18. The van der Waals surface area contributed by atoms with Gasteiger partial charge < -0.3 is 18.3 Å². The Morgan fingerprint density at radius 2 is 1.05 bits per heavy atom. The summed E-state index contributed by atoms with van der Waals surface area (Å²) in [6.45, 7) is 1.25. The van der Waals surface area contributed by atoms with E-state index in [2.05, 4.69) is 34.2 Å². The Kier molecular flexibility index (Phi) is 5.07. The van der Waals surface area contributed by atoms with Crippen molar-refractivity contribution in [3.05, 3.63) is 108 Å². The quantitative estimate of drug-likeness (QED) is 0.212. The molecule has 0 spiro atoms. The van der Waals surface area contributed by atoms with Crippen LogP contribution in [0.3, 0.4) is 0 Å². The van der Waals surface area contributed by atoms with E-state index < -0.39 is 0 Å². The molecule has 0 N–H and O–H groups in total. The van der Waals surface area contributed by atoms with Gasteiger partial charge in [0.1, 0.15) is 47.9 Å². The van der Waals surface area contributed by atoms with Crippen molar-refractivity contribution in [3.8, 4) is 11.4 Å². The summed E-state index contributed by atoms with van der Waals surface area (Å²) in [6.07, 6.45) is 3.63. The predicted molar refractivity (Wildman–Crippen MR) is 154 cm³/mol. The summed E-state index contributed by atoms with van der Waals surface area (Å²) < 4.78 is 28.3. The minimum absolute atomic E-state index is 0.163. The SMILES string of the molecule is c1cc2cc(c1)-n1cnc3ccc4oc(nc4c31)COCc1nc3c(ccc4ncn(c43)-c3cccc(c3)COC2)o1. The standard InChI is InChI=1S/C32H22N6O4/c1-3-19-11-21(5-1)37-17-33-23-7-9-25-29(31(23)37)35-27(41-25)15-40-16-28-36-30-26(42-28)10-8-24-32(30)38(18-34-24)22-6-2-4-20(12-22)14-39-13-19/h1-12,17-18H,13-16H2. The van der Waals surface area contributed by atoms with Gasteiger partial charge in [0.25, 0.3) is 0 Å². The van der Waals surface area contributed by atoms with Crippen LogP contribution in [0.15, 0.2) is 94.3 Å². The van der Waals surface area contributed by atoms with Gasteiger partial charge in [-0.3, -0.25) is 9.13 Å². The fourth-order valence-electron chi connectivity index (χ4n) is 5.69. The van der Waals surface area contributed by atoms with Crippen molar-refractivity contribution < 1.29 is 18.3 Å². The monoisotopic (exact) mass is 554 g/mol. The summed E-state index contributed by atoms with van der Waals surface area (Å²) in [7, 11) is 0. The molecule has 0 fully saturated rings. The van der Waals surface area contributed by atoms with Crippen LogP contribution in [0, 0.1) is 0 Å². The third kappa shape index (κ3) is 3.73. The van der Waals surface area contributed by atoms with Crippen molar-refractivity contribution in [1.29, 1.82) is 0 Å². The van der Waals surface area contributed by atoms with Crippen LogP contribution >= 0.6 is 0 Å². The Bertz CT molecular complexity index is 2130. The molecule has 204 valence electrons. The molecule has 9 rings (SSSR count). The van der Waals surface area contributed by atoms with Gasteiger partial charge in [-0.2, -0.15) is 0 Å². The molecule has 0 amide bonds. The summed E-state index contributed by atoms with van der Waals surface area (Å²) >= 11 is 0. The van der Waals surface area contributed by atoms with E-state index in [4.69, 9.17) is 28.3 Å². The van der Waals surface area contributed by atoms with Gasteiger partial charge in [0, 0.05) is 11.4 Å². The molecule has 0 saturated heterocycles. The number of imidazole rings is 2. The average Bonchev–Trinajstić information content (AvgIpc) is 3.80. The summed E-state index contributed by atoms with van der Waals surface area (Å²) in [5.41, 5.74) is 10.2. The van der Waals surface area contributed by atoms with Gasteiger partial charge >= 0.3 is 0 Å². The summed E-state index contributed by atoms with van der Waals surface area (Å²) in [6, 6.07) is 24.2. The zero-order valence-electron chi connectivity index (χ0n) is 22.2. The third-order valence-electron chi connectivity index (χ3n) is 7.59. The van der Waals surface area contributed by atoms with Crippen LogP contribution in [0.5, 0.6) is 0 Å². The van der Waals surface area contributed by atoms with E-state index in [-0.39, 0.29) is 13.2 Å². The first-order chi connectivity index (χ1) is 20.8. The first-order valence-corrected chi connectivity index (χ1v) is 13.6. The summed E-state index contributed by atoms with van der Waals surface area (Å²) in [5.74, 6) is 0.928. The molecule has 0 atom stereocenters. The number of ether oxygens (including phenoxy) is 2. The number of benzene rings is 4. The lowest BCUT2D eigenvalue weighted by Crippen LogP contribution is -1.99. The first-order valence-electron chi connectivity index (χ1n) is 13.6. The van der Waals surface area contributed by atoms with Crippen LogP contribution in [-0.2, 0) is 35.9 Å². The minimum atomic E-state index is 0.163. The molecule has 0 aliphatic carbocycles. The highest BCUT2D eigenvalue weighted by Gasteiger charge is 2.18. The van der Waals surface area contributed by atoms with E-state index in [0.717, 1.165) is 55.6 Å². The highest BCUT2D eigenvalue weighted by molar-refractivity contribution is 6.01. The van der Waals surface area contributed by atoms with Crippen molar-refractivity contribution in [2.75, 3.05) is 0 Å². The van der Waals surface area contributed by atoms with Gasteiger partial charge in [-0.15, -0.1) is 0 Å². The number of oxazole rings is 2. The van der Waals surface area contributed by atoms with Crippen molar-refractivity contribution in [2.45, 2.75) is 26.4 Å². The van der Waals surface area contributed by atoms with Gasteiger partial charge in [0.2, 0.25) is 11.8 Å². The van der Waals surface area contributed by atoms with Crippen LogP contribution < -0.4 is 0 Å². The number of hydrogen-bond donors (Lipinski definition) is 0. The van der Waals surface area contributed by atoms with Gasteiger partial charge in [0.05, 0.1) is 24.2 Å². The maximum atomic E-state index is 6.18. The lowest BCUT2D eigenvalue weighted by atomic mass is 10.2. The maximum Gasteiger partial charge on any atom is 0.221 e. The van der Waals surface area contributed by atoms with E-state index in [9.17, 15) is 0 Å². The normalized spacial score (nSPS) is 14.1. The summed E-state index contributed by atoms with van der Waals surface area (Å²) in [4.78, 5) is 18.8. The van der Waals surface area contributed by atoms with E-state index >= 15 is 0 Å². The van der Waals surface area contributed by atoms with Crippen molar-refractivity contribution in [3.63, 3.8) is 0 Å². The molecule has 0 radical (unpaired) electrons. The largest absolute Gasteiger partial charge is 0.438 e. The zero-order valence-corrected chi connectivity index (χ0v) is 22.2. The molecule has 0 unspecified atom stereocenters. The second kappa shape index (κ2) is 9.10. The fraction of sp³-hybridized carbons (Fsp3) is 0.125. The van der Waals surface area contributed by atoms with Gasteiger partial charge in [0.15, 0.2) is 11.2 Å². The molecule has 4 aromatic carbocycles. The molecule has 5 heterocycles. The molecular formula is C32H22N6O4. The first kappa shape index (κ1) is 23.4. The van der Waals surface area contributed by atoms with E-state index in [1.165, 1.54) is 0 Å². The van der Waals surface area contributed by atoms with Crippen molar-refractivity contribution >= 4 is 44.3 Å². The Labute approximate surface area is 237 Å². The van der Waals surface area contributed by atoms with Crippen LogP contribution in [0.2, 0.25) is 0 Å². The molecule has 42 heavy (non-hydrogen) atoms. The van der Waals surface area contributed by atoms with Gasteiger partial charge in [-0.05, 0) is 59.7 Å². The minimum Gasteiger partial charge on any atom is -0.438 e. The van der Waals surface area contributed by atoms with Gasteiger partial charge in [-0.1, -0.05) is 24.3 Å². The van der Waals surface area contributed by atoms with Crippen LogP contribution in [0.4, 0.5) is 0 Å². The number of fused-ring (bicyclic) bond motifs is 8. The van der Waals surface area contributed by atoms with Crippen LogP contribution in [0.25, 0.3) is 55.6 Å². The topological polar surface area (TPSA) is 106 Å². The zero-order chi connectivity index (χ0) is 27.6. The van der Waals surface area contributed by atoms with E-state index in [0.29, 0.717) is 36.2 Å². The highest BCUT2D eigenvalue weighted by Crippen LogP contribution is 2.30. The van der Waals surface area contributed by atoms with Crippen molar-refractivity contribution in [1.82, 2.24) is 29.1 Å². The second-order valence-electron chi connectivity index (χ2n) is 10.3. The average molecular weight is 555 g/mol. The smallest absolute Gasteiger partial charge is 0.221 e. The number of rotatable bonds is 0. The fourth-order valence-corrected chi connectivity index (χ4v) is 5.69. The van der Waals surface area contributed by atoms with Crippen LogP contribution in [0.1, 0.15) is 22.9 Å². The molecule has 4 aromatic heterocycles. The molecule has 8 aromatic rings. The molecule has 1 aliphatic heterocycles. The third-order valence-corrected chi connectivity index (χ3v) is 7.59. The molecule has 0 saturated carbocycles. The number of nitrogens with zero attached hydrogens (tertiary/aromatic N) is 6. The second-order valence-corrected chi connectivity index (χ2v) is 10.3. The molecule has 10 heteroatoms. The number of hydrogen-bond acceptors (Lipinski definition) is 8. The van der Waals surface area contributed by atoms with Crippen LogP contribution in [-0.4, -0.2) is 29.1 Å². The highest BCUT2D eigenvalue weighted by atomic mass is 16.5. The molecule has 8 bridgehead atoms.